The normalized spacial score (nSPS) is 12.8. The number of benzene rings is 1. The average Bonchev–Trinajstić information content (AvgIpc) is 2.97. The van der Waals surface area contributed by atoms with E-state index in [0.29, 0.717) is 34.9 Å². The highest BCUT2D eigenvalue weighted by atomic mass is 19.1. The number of nitrogens with zero attached hydrogens (tertiary/aromatic N) is 4. The van der Waals surface area contributed by atoms with E-state index in [0.717, 1.165) is 11.1 Å². The maximum Gasteiger partial charge on any atom is 0.273 e. The lowest BCUT2D eigenvalue weighted by atomic mass is 10.1. The molecular formula is C20H16FN5O. The number of aryl methyl sites for hydroxylation is 1. The van der Waals surface area contributed by atoms with Crippen LogP contribution in [-0.4, -0.2) is 27.4 Å². The number of aromatic nitrogens is 3. The Bertz CT molecular complexity index is 1050. The maximum atomic E-state index is 13.5. The summed E-state index contributed by atoms with van der Waals surface area (Å²) in [5, 5.41) is 1.65. The van der Waals surface area contributed by atoms with E-state index in [-0.39, 0.29) is 11.7 Å². The van der Waals surface area contributed by atoms with E-state index in [1.807, 2.05) is 6.07 Å². The van der Waals surface area contributed by atoms with Gasteiger partial charge < -0.3 is 0 Å². The Kier molecular flexibility index (Phi) is 4.12. The molecule has 6 nitrogen and oxygen atoms in total. The van der Waals surface area contributed by atoms with Crippen LogP contribution in [0.1, 0.15) is 21.6 Å². The van der Waals surface area contributed by atoms with E-state index in [2.05, 4.69) is 27.0 Å². The third kappa shape index (κ3) is 3.15. The van der Waals surface area contributed by atoms with Crippen LogP contribution in [-0.2, 0) is 0 Å². The molecule has 0 saturated heterocycles. The molecule has 3 aromatic rings. The summed E-state index contributed by atoms with van der Waals surface area (Å²) >= 11 is 0. The first-order valence-corrected chi connectivity index (χ1v) is 8.33. The van der Waals surface area contributed by atoms with Gasteiger partial charge >= 0.3 is 0 Å². The number of hydrogen-bond donors (Lipinski definition) is 1. The monoisotopic (exact) mass is 361 g/mol. The summed E-state index contributed by atoms with van der Waals surface area (Å²) in [5.74, 6) is -0.166. The van der Waals surface area contributed by atoms with Crippen molar-refractivity contribution in [3.63, 3.8) is 0 Å². The van der Waals surface area contributed by atoms with Crippen molar-refractivity contribution in [1.29, 1.82) is 0 Å². The van der Waals surface area contributed by atoms with Crippen LogP contribution in [0.15, 0.2) is 55.5 Å². The van der Waals surface area contributed by atoms with Gasteiger partial charge in [-0.05, 0) is 42.8 Å². The van der Waals surface area contributed by atoms with Gasteiger partial charge in [-0.1, -0.05) is 6.58 Å². The fraction of sp³-hybridized carbons (Fsp3) is 0.100. The molecule has 0 fully saturated rings. The van der Waals surface area contributed by atoms with Crippen molar-refractivity contribution >= 4 is 17.2 Å². The van der Waals surface area contributed by atoms with Crippen LogP contribution < -0.4 is 10.4 Å². The van der Waals surface area contributed by atoms with Crippen molar-refractivity contribution in [2.45, 2.75) is 6.92 Å². The van der Waals surface area contributed by atoms with Crippen LogP contribution in [0.3, 0.4) is 0 Å². The van der Waals surface area contributed by atoms with Gasteiger partial charge in [-0.2, -0.15) is 0 Å². The van der Waals surface area contributed by atoms with Gasteiger partial charge in [0, 0.05) is 29.7 Å². The highest BCUT2D eigenvalue weighted by Gasteiger charge is 2.25. The van der Waals surface area contributed by atoms with Gasteiger partial charge in [-0.3, -0.25) is 20.2 Å². The second-order valence-corrected chi connectivity index (χ2v) is 6.23. The topological polar surface area (TPSA) is 71.0 Å². The lowest BCUT2D eigenvalue weighted by Crippen LogP contribution is -2.41. The Morgan fingerprint density at radius 3 is 2.89 bits per heavy atom. The molecule has 1 N–H and O–H groups in total. The Morgan fingerprint density at radius 1 is 1.30 bits per heavy atom. The second kappa shape index (κ2) is 6.60. The molecule has 0 spiro atoms. The SMILES string of the molecule is C=C1CN(NC(=O)c2cnc(-c3cccnc3)nc2C)c2ccc(F)cc21. The van der Waals surface area contributed by atoms with Gasteiger partial charge in [-0.25, -0.2) is 14.4 Å². The Hall–Kier alpha value is -3.61. The number of rotatable bonds is 3. The van der Waals surface area contributed by atoms with Gasteiger partial charge in [0.15, 0.2) is 5.82 Å². The minimum absolute atomic E-state index is 0.335. The number of fused-ring (bicyclic) bond motifs is 1. The third-order valence-electron chi connectivity index (χ3n) is 4.36. The van der Waals surface area contributed by atoms with Gasteiger partial charge in [-0.15, -0.1) is 0 Å². The summed E-state index contributed by atoms with van der Waals surface area (Å²) < 4.78 is 13.5. The van der Waals surface area contributed by atoms with Crippen molar-refractivity contribution in [3.8, 4) is 11.4 Å². The predicted octanol–water partition coefficient (Wildman–Crippen LogP) is 3.16. The molecule has 0 bridgehead atoms. The number of nitrogens with one attached hydrogen (secondary N) is 1. The minimum Gasteiger partial charge on any atom is -0.280 e. The molecule has 1 aliphatic heterocycles. The Labute approximate surface area is 155 Å². The molecule has 1 amide bonds. The molecule has 4 rings (SSSR count). The van der Waals surface area contributed by atoms with Gasteiger partial charge in [0.2, 0.25) is 0 Å². The average molecular weight is 361 g/mol. The van der Waals surface area contributed by atoms with Crippen molar-refractivity contribution < 1.29 is 9.18 Å². The molecule has 0 radical (unpaired) electrons. The Balaban J connectivity index is 1.57. The third-order valence-corrected chi connectivity index (χ3v) is 4.36. The van der Waals surface area contributed by atoms with Crippen LogP contribution in [0.25, 0.3) is 17.0 Å². The standard InChI is InChI=1S/C20H16FN5O/c1-12-11-26(18-6-5-15(21)8-16(12)18)25-20(27)17-10-23-19(24-13(17)2)14-4-3-7-22-9-14/h3-10H,1,11H2,2H3,(H,25,27). The summed E-state index contributed by atoms with van der Waals surface area (Å²) in [6, 6.07) is 8.05. The Morgan fingerprint density at radius 2 is 2.15 bits per heavy atom. The molecule has 0 atom stereocenters. The molecular weight excluding hydrogens is 345 g/mol. The van der Waals surface area contributed by atoms with E-state index >= 15 is 0 Å². The zero-order valence-electron chi connectivity index (χ0n) is 14.6. The quantitative estimate of drug-likeness (QED) is 0.776. The van der Waals surface area contributed by atoms with Crippen LogP contribution in [0.2, 0.25) is 0 Å². The highest BCUT2D eigenvalue weighted by Crippen LogP contribution is 2.33. The van der Waals surface area contributed by atoms with E-state index in [9.17, 15) is 9.18 Å². The van der Waals surface area contributed by atoms with Gasteiger partial charge in [0.25, 0.3) is 5.91 Å². The lowest BCUT2D eigenvalue weighted by molar-refractivity contribution is 0.0949. The molecule has 0 unspecified atom stereocenters. The van der Waals surface area contributed by atoms with Crippen molar-refractivity contribution in [3.05, 3.63) is 78.1 Å². The second-order valence-electron chi connectivity index (χ2n) is 6.23. The molecule has 27 heavy (non-hydrogen) atoms. The first-order valence-electron chi connectivity index (χ1n) is 8.33. The zero-order valence-corrected chi connectivity index (χ0v) is 14.6. The van der Waals surface area contributed by atoms with Crippen molar-refractivity contribution in [1.82, 2.24) is 20.4 Å². The van der Waals surface area contributed by atoms with E-state index < -0.39 is 0 Å². The number of hydrazine groups is 1. The van der Waals surface area contributed by atoms with Crippen LogP contribution in [0, 0.1) is 12.7 Å². The van der Waals surface area contributed by atoms with Crippen LogP contribution in [0.4, 0.5) is 10.1 Å². The number of amides is 1. The number of halogens is 1. The maximum absolute atomic E-state index is 13.5. The van der Waals surface area contributed by atoms with Crippen LogP contribution in [0.5, 0.6) is 0 Å². The molecule has 7 heteroatoms. The van der Waals surface area contributed by atoms with Gasteiger partial charge in [0.1, 0.15) is 5.82 Å². The smallest absolute Gasteiger partial charge is 0.273 e. The number of anilines is 1. The zero-order chi connectivity index (χ0) is 19.0. The fourth-order valence-electron chi connectivity index (χ4n) is 2.99. The van der Waals surface area contributed by atoms with Crippen molar-refractivity contribution in [2.75, 3.05) is 11.6 Å². The highest BCUT2D eigenvalue weighted by molar-refractivity contribution is 5.97. The molecule has 0 aliphatic carbocycles. The lowest BCUT2D eigenvalue weighted by Gasteiger charge is -2.20. The molecule has 134 valence electrons. The summed E-state index contributed by atoms with van der Waals surface area (Å²) in [6.45, 7) is 6.08. The summed E-state index contributed by atoms with van der Waals surface area (Å²) in [6.07, 6.45) is 4.84. The molecule has 2 aromatic heterocycles. The number of pyridine rings is 1. The molecule has 1 aromatic carbocycles. The number of carbonyl (C=O) groups is 1. The van der Waals surface area contributed by atoms with Crippen molar-refractivity contribution in [2.24, 2.45) is 0 Å². The number of carbonyl (C=O) groups excluding carboxylic acids is 1. The summed E-state index contributed by atoms with van der Waals surface area (Å²) in [7, 11) is 0. The molecule has 1 aliphatic rings. The predicted molar refractivity (Wildman–Crippen MR) is 100 cm³/mol. The fourth-order valence-corrected chi connectivity index (χ4v) is 2.99. The number of hydrogen-bond acceptors (Lipinski definition) is 5. The molecule has 0 saturated carbocycles. The van der Waals surface area contributed by atoms with Crippen LogP contribution >= 0.6 is 0 Å². The minimum atomic E-state index is -0.338. The summed E-state index contributed by atoms with van der Waals surface area (Å²) in [4.78, 5) is 25.4. The first kappa shape index (κ1) is 16.8. The first-order chi connectivity index (χ1) is 13.0. The van der Waals surface area contributed by atoms with E-state index in [4.69, 9.17) is 0 Å². The van der Waals surface area contributed by atoms with E-state index in [1.54, 1.807) is 36.5 Å². The van der Waals surface area contributed by atoms with Gasteiger partial charge in [0.05, 0.1) is 23.5 Å². The summed E-state index contributed by atoms with van der Waals surface area (Å²) in [5.41, 5.74) is 6.66. The van der Waals surface area contributed by atoms with E-state index in [1.165, 1.54) is 18.3 Å². The largest absolute Gasteiger partial charge is 0.280 e. The molecule has 3 heterocycles.